The number of carbonyl (C=O) groups excluding carboxylic acids is 1. The summed E-state index contributed by atoms with van der Waals surface area (Å²) in [7, 11) is 1.67. The molecule has 0 aliphatic rings. The van der Waals surface area contributed by atoms with Gasteiger partial charge in [-0.15, -0.1) is 0 Å². The zero-order valence-corrected chi connectivity index (χ0v) is 20.2. The first kappa shape index (κ1) is 21.3. The fourth-order valence-electron chi connectivity index (χ4n) is 0.763. The van der Waals surface area contributed by atoms with Crippen LogP contribution in [0.5, 0.6) is 0 Å². The quantitative estimate of drug-likeness (QED) is 0.290. The van der Waals surface area contributed by atoms with E-state index < -0.39 is 11.7 Å². The van der Waals surface area contributed by atoms with E-state index in [0.717, 1.165) is 0 Å². The number of ether oxygens (including phenoxy) is 2. The van der Waals surface area contributed by atoms with Crippen molar-refractivity contribution in [2.45, 2.75) is 43.4 Å². The Bertz CT molecular complexity index is 214. The number of hydrogen-bond donors (Lipinski definition) is 1. The number of carbonyl (C=O) groups is 1. The Kier molecular flexibility index (Phi) is 14.9. The molecule has 0 aromatic heterocycles. The second-order valence-corrected chi connectivity index (χ2v) is 28.9. The molecule has 8 heteroatoms. The van der Waals surface area contributed by atoms with Crippen LogP contribution in [-0.4, -0.2) is 29.0 Å². The molecule has 0 bridgehead atoms. The SMILES string of the molecule is COC(I)C(C)NC(=O)OC(C)(C)C.[I][Zn][I]. The van der Waals surface area contributed by atoms with E-state index in [2.05, 4.69) is 67.4 Å². The second kappa shape index (κ2) is 11.8. The summed E-state index contributed by atoms with van der Waals surface area (Å²) in [4.78, 5) is 11.3. The summed E-state index contributed by atoms with van der Waals surface area (Å²) in [5.41, 5.74) is -0.461. The molecule has 0 fully saturated rings. The van der Waals surface area contributed by atoms with Gasteiger partial charge in [0.15, 0.2) is 0 Å². The van der Waals surface area contributed by atoms with E-state index in [4.69, 9.17) is 9.47 Å². The molecule has 17 heavy (non-hydrogen) atoms. The maximum atomic E-state index is 11.3. The van der Waals surface area contributed by atoms with E-state index in [-0.39, 0.29) is 20.3 Å². The Hall–Kier alpha value is 2.04. The van der Waals surface area contributed by atoms with Gasteiger partial charge < -0.3 is 14.8 Å². The molecule has 0 aliphatic carbocycles. The number of hydrogen-bond acceptors (Lipinski definition) is 3. The summed E-state index contributed by atoms with van der Waals surface area (Å²) in [6.45, 7) is 7.35. The first-order valence-corrected chi connectivity index (χ1v) is 24.3. The standard InChI is InChI=1S/C9H18INO3.2HI.Zn/c1-6(7(10)13-5)11-8(12)14-9(2,3)4;;;/h6-7H,1-5H3,(H,11,12);2*1H;/q;;;+2/p-2. The molecule has 2 unspecified atom stereocenters. The van der Waals surface area contributed by atoms with Crippen molar-refractivity contribution in [3.8, 4) is 0 Å². The number of alkyl carbamates (subject to hydrolysis) is 1. The van der Waals surface area contributed by atoms with E-state index in [1.165, 1.54) is 0 Å². The van der Waals surface area contributed by atoms with E-state index >= 15 is 0 Å². The molecule has 0 aromatic rings. The third kappa shape index (κ3) is 16.0. The van der Waals surface area contributed by atoms with Gasteiger partial charge in [-0.1, -0.05) is 0 Å². The van der Waals surface area contributed by atoms with Gasteiger partial charge in [0.2, 0.25) is 0 Å². The molecule has 0 heterocycles. The molecule has 1 amide bonds. The minimum atomic E-state index is -0.461. The predicted molar refractivity (Wildman–Crippen MR) is 91.7 cm³/mol. The van der Waals surface area contributed by atoms with Gasteiger partial charge in [0, 0.05) is 7.11 Å². The number of nitrogens with one attached hydrogen (secondary N) is 1. The average molecular weight is 634 g/mol. The third-order valence-electron chi connectivity index (χ3n) is 1.36. The molecule has 100 valence electrons. The minimum absolute atomic E-state index is 0.0554. The van der Waals surface area contributed by atoms with Gasteiger partial charge in [-0.05, 0) is 50.3 Å². The van der Waals surface area contributed by atoms with Crippen LogP contribution in [0.3, 0.4) is 0 Å². The first-order valence-electron chi connectivity index (χ1n) is 4.96. The van der Waals surface area contributed by atoms with Crippen LogP contribution in [0.15, 0.2) is 0 Å². The predicted octanol–water partition coefficient (Wildman–Crippen LogP) is 4.08. The first-order chi connectivity index (χ1) is 7.67. The van der Waals surface area contributed by atoms with Crippen LogP contribution in [0.2, 0.25) is 0 Å². The fourth-order valence-corrected chi connectivity index (χ4v) is 0.943. The molecule has 0 rings (SSSR count). The van der Waals surface area contributed by atoms with Crippen LogP contribution >= 0.6 is 62.1 Å². The number of amides is 1. The third-order valence-corrected chi connectivity index (χ3v) is 2.95. The van der Waals surface area contributed by atoms with Crippen LogP contribution in [0.1, 0.15) is 27.7 Å². The van der Waals surface area contributed by atoms with Crippen LogP contribution in [0.25, 0.3) is 0 Å². The van der Waals surface area contributed by atoms with Crippen molar-refractivity contribution in [3.05, 3.63) is 0 Å². The van der Waals surface area contributed by atoms with E-state index in [1.54, 1.807) is 7.11 Å². The molecular weight excluding hydrogens is 616 g/mol. The number of alkyl halides is 1. The van der Waals surface area contributed by atoms with Crippen molar-refractivity contribution >= 4 is 68.2 Å². The molecule has 0 radical (unpaired) electrons. The summed E-state index contributed by atoms with van der Waals surface area (Å²) in [6.07, 6.45) is -0.413. The Balaban J connectivity index is 0. The summed E-state index contributed by atoms with van der Waals surface area (Å²) < 4.78 is 10.1. The van der Waals surface area contributed by atoms with Crippen molar-refractivity contribution in [1.29, 1.82) is 0 Å². The van der Waals surface area contributed by atoms with Gasteiger partial charge in [-0.3, -0.25) is 0 Å². The molecule has 2 atom stereocenters. The Labute approximate surface area is 146 Å². The molecule has 0 aromatic carbocycles. The van der Waals surface area contributed by atoms with E-state index in [1.807, 2.05) is 27.7 Å². The molecule has 1 N–H and O–H groups in total. The van der Waals surface area contributed by atoms with Crippen LogP contribution in [-0.2, 0) is 19.6 Å². The zero-order chi connectivity index (χ0) is 14.1. The van der Waals surface area contributed by atoms with Crippen LogP contribution < -0.4 is 5.32 Å². The Morgan fingerprint density at radius 3 is 2.06 bits per heavy atom. The average Bonchev–Trinajstić information content (AvgIpc) is 2.14. The van der Waals surface area contributed by atoms with Crippen molar-refractivity contribution in [1.82, 2.24) is 5.32 Å². The van der Waals surface area contributed by atoms with Crippen LogP contribution in [0.4, 0.5) is 4.79 Å². The molecular formula is C9H18I3NO3Zn. The Morgan fingerprint density at radius 2 is 1.76 bits per heavy atom. The fraction of sp³-hybridized carbons (Fsp3) is 0.889. The van der Waals surface area contributed by atoms with Crippen molar-refractivity contribution in [3.63, 3.8) is 0 Å². The monoisotopic (exact) mass is 633 g/mol. The van der Waals surface area contributed by atoms with Gasteiger partial charge in [0.25, 0.3) is 0 Å². The van der Waals surface area contributed by atoms with E-state index in [9.17, 15) is 4.79 Å². The summed E-state index contributed by atoms with van der Waals surface area (Å²) >= 11 is 7.03. The number of halogens is 3. The molecule has 0 aliphatic heterocycles. The van der Waals surface area contributed by atoms with Gasteiger partial charge >= 0.3 is 55.7 Å². The van der Waals surface area contributed by atoms with Gasteiger partial charge in [0.05, 0.1) is 6.04 Å². The topological polar surface area (TPSA) is 47.6 Å². The molecule has 0 saturated heterocycles. The normalized spacial score (nSPS) is 13.6. The van der Waals surface area contributed by atoms with Gasteiger partial charge in [-0.2, -0.15) is 0 Å². The number of methoxy groups -OCH3 is 1. The summed E-state index contributed by atoms with van der Waals surface area (Å²) in [5, 5.41) is 2.69. The van der Waals surface area contributed by atoms with Crippen molar-refractivity contribution in [2.75, 3.05) is 7.11 Å². The number of rotatable bonds is 3. The van der Waals surface area contributed by atoms with Crippen LogP contribution in [0, 0.1) is 0 Å². The second-order valence-electron chi connectivity index (χ2n) is 4.12. The zero-order valence-electron chi connectivity index (χ0n) is 10.7. The Morgan fingerprint density at radius 1 is 1.35 bits per heavy atom. The summed E-state index contributed by atoms with van der Waals surface area (Å²) in [5.74, 6) is 0. The molecule has 0 saturated carbocycles. The van der Waals surface area contributed by atoms with Crippen molar-refractivity contribution < 1.29 is 24.4 Å². The van der Waals surface area contributed by atoms with Gasteiger partial charge in [-0.25, -0.2) is 4.79 Å². The van der Waals surface area contributed by atoms with Gasteiger partial charge in [0.1, 0.15) is 9.71 Å². The van der Waals surface area contributed by atoms with E-state index in [0.29, 0.717) is 0 Å². The van der Waals surface area contributed by atoms with Crippen molar-refractivity contribution in [2.24, 2.45) is 0 Å². The summed E-state index contributed by atoms with van der Waals surface area (Å²) in [6, 6.07) is -0.0737. The molecule has 0 spiro atoms. The molecule has 4 nitrogen and oxygen atoms in total. The maximum absolute atomic E-state index is 11.3.